The molecule has 1 N–H and O–H groups in total. The monoisotopic (exact) mass is 505 g/mol. The molecule has 1 unspecified atom stereocenters. The molecule has 1 amide bonds. The summed E-state index contributed by atoms with van der Waals surface area (Å²) < 4.78 is 28.1. The van der Waals surface area contributed by atoms with Gasteiger partial charge < -0.3 is 33.4 Å². The second-order valence-electron chi connectivity index (χ2n) is 8.44. The van der Waals surface area contributed by atoms with Crippen LogP contribution in [0, 0.1) is 0 Å². The van der Waals surface area contributed by atoms with E-state index in [0.717, 1.165) is 0 Å². The zero-order valence-corrected chi connectivity index (χ0v) is 20.6. The highest BCUT2D eigenvalue weighted by molar-refractivity contribution is 6.46. The summed E-state index contributed by atoms with van der Waals surface area (Å²) >= 11 is 0. The van der Waals surface area contributed by atoms with Crippen molar-refractivity contribution in [3.63, 3.8) is 0 Å². The Morgan fingerprint density at radius 3 is 2.46 bits per heavy atom. The summed E-state index contributed by atoms with van der Waals surface area (Å²) in [6, 6.07) is 12.7. The van der Waals surface area contributed by atoms with Gasteiger partial charge in [0.15, 0.2) is 23.0 Å². The number of hydrogen-bond acceptors (Lipinski definition) is 8. The van der Waals surface area contributed by atoms with Crippen LogP contribution < -0.4 is 18.9 Å². The summed E-state index contributed by atoms with van der Waals surface area (Å²) in [4.78, 5) is 28.0. The third-order valence-corrected chi connectivity index (χ3v) is 6.15. The second-order valence-corrected chi connectivity index (χ2v) is 8.44. The molecular weight excluding hydrogens is 478 g/mol. The molecule has 9 heteroatoms. The number of amides is 1. The van der Waals surface area contributed by atoms with Crippen molar-refractivity contribution in [2.24, 2.45) is 0 Å². The maximum atomic E-state index is 13.4. The number of ketones is 1. The fourth-order valence-corrected chi connectivity index (χ4v) is 4.54. The van der Waals surface area contributed by atoms with Gasteiger partial charge in [-0.15, -0.1) is 0 Å². The van der Waals surface area contributed by atoms with Crippen molar-refractivity contribution in [3.8, 4) is 23.0 Å². The van der Waals surface area contributed by atoms with Crippen molar-refractivity contribution in [1.29, 1.82) is 0 Å². The van der Waals surface area contributed by atoms with Gasteiger partial charge in [0.25, 0.3) is 11.7 Å². The van der Waals surface area contributed by atoms with Crippen molar-refractivity contribution in [2.75, 3.05) is 26.4 Å². The first-order chi connectivity index (χ1) is 18.0. The van der Waals surface area contributed by atoms with Crippen LogP contribution in [0.1, 0.15) is 36.8 Å². The molecule has 1 atom stereocenters. The molecule has 2 aromatic carbocycles. The molecule has 9 nitrogen and oxygen atoms in total. The molecular formula is C28H27NO8. The Morgan fingerprint density at radius 1 is 0.973 bits per heavy atom. The zero-order chi connectivity index (χ0) is 25.9. The van der Waals surface area contributed by atoms with E-state index in [4.69, 9.17) is 23.4 Å². The fourth-order valence-electron chi connectivity index (χ4n) is 4.54. The molecule has 2 aliphatic rings. The maximum Gasteiger partial charge on any atom is 0.296 e. The van der Waals surface area contributed by atoms with E-state index in [9.17, 15) is 14.7 Å². The van der Waals surface area contributed by atoms with E-state index in [1.54, 1.807) is 48.5 Å². The predicted octanol–water partition coefficient (Wildman–Crippen LogP) is 4.47. The average Bonchev–Trinajstić information content (AvgIpc) is 3.52. The minimum Gasteiger partial charge on any atom is -0.507 e. The standard InChI is InChI=1S/C28H27NO8/c1-3-33-20-9-7-17(14-22(20)34-4-2)25-24(27(31)28(32)29(25)16-19-6-5-11-35-19)26(30)18-8-10-21-23(15-18)37-13-12-36-21/h5-11,14-15,25,30H,3-4,12-13,16H2,1-2H3/b26-24-. The number of benzene rings is 2. The molecule has 2 aliphatic heterocycles. The Hall–Kier alpha value is -4.40. The van der Waals surface area contributed by atoms with Gasteiger partial charge in [-0.25, -0.2) is 0 Å². The Labute approximate surface area is 213 Å². The number of Topliss-reactive ketones (excluding diaryl/α,β-unsaturated/α-hetero) is 1. The largest absolute Gasteiger partial charge is 0.507 e. The van der Waals surface area contributed by atoms with Crippen LogP contribution in [-0.4, -0.2) is 48.1 Å². The number of rotatable bonds is 8. The Bertz CT molecular complexity index is 1340. The molecule has 0 radical (unpaired) electrons. The Morgan fingerprint density at radius 2 is 1.73 bits per heavy atom. The topological polar surface area (TPSA) is 108 Å². The van der Waals surface area contributed by atoms with Crippen molar-refractivity contribution in [2.45, 2.75) is 26.4 Å². The number of carbonyl (C=O) groups excluding carboxylic acids is 2. The van der Waals surface area contributed by atoms with Gasteiger partial charge in [-0.1, -0.05) is 6.07 Å². The maximum absolute atomic E-state index is 13.4. The Kier molecular flexibility index (Phi) is 6.76. The van der Waals surface area contributed by atoms with Gasteiger partial charge in [0, 0.05) is 5.56 Å². The van der Waals surface area contributed by atoms with Crippen molar-refractivity contribution in [3.05, 3.63) is 77.3 Å². The van der Waals surface area contributed by atoms with E-state index in [1.807, 2.05) is 13.8 Å². The normalized spacial score (nSPS) is 18.2. The second kappa shape index (κ2) is 10.3. The van der Waals surface area contributed by atoms with E-state index in [-0.39, 0.29) is 17.9 Å². The molecule has 3 heterocycles. The van der Waals surface area contributed by atoms with E-state index < -0.39 is 17.7 Å². The van der Waals surface area contributed by atoms with Crippen LogP contribution in [0.25, 0.3) is 5.76 Å². The highest BCUT2D eigenvalue weighted by Crippen LogP contribution is 2.43. The number of carbonyl (C=O) groups is 2. The molecule has 1 saturated heterocycles. The summed E-state index contributed by atoms with van der Waals surface area (Å²) in [5.41, 5.74) is 0.873. The lowest BCUT2D eigenvalue weighted by Gasteiger charge is -2.25. The molecule has 1 fully saturated rings. The lowest BCUT2D eigenvalue weighted by molar-refractivity contribution is -0.140. The first kappa shape index (κ1) is 24.3. The van der Waals surface area contributed by atoms with Crippen LogP contribution in [0.15, 0.2) is 64.8 Å². The van der Waals surface area contributed by atoms with Crippen LogP contribution in [-0.2, 0) is 16.1 Å². The summed E-state index contributed by atoms with van der Waals surface area (Å²) in [5, 5.41) is 11.4. The van der Waals surface area contributed by atoms with Crippen molar-refractivity contribution >= 4 is 17.4 Å². The van der Waals surface area contributed by atoms with E-state index in [1.165, 1.54) is 11.2 Å². The first-order valence-corrected chi connectivity index (χ1v) is 12.1. The number of likely N-dealkylation sites (tertiary alicyclic amines) is 1. The van der Waals surface area contributed by atoms with Gasteiger partial charge in [0.05, 0.1) is 37.6 Å². The van der Waals surface area contributed by atoms with E-state index in [2.05, 4.69) is 0 Å². The third-order valence-electron chi connectivity index (χ3n) is 6.15. The molecule has 5 rings (SSSR count). The van der Waals surface area contributed by atoms with Gasteiger partial charge in [0.1, 0.15) is 24.7 Å². The van der Waals surface area contributed by atoms with Gasteiger partial charge in [0.2, 0.25) is 0 Å². The number of aliphatic hydroxyl groups is 1. The Balaban J connectivity index is 1.64. The predicted molar refractivity (Wildman–Crippen MR) is 133 cm³/mol. The lowest BCUT2D eigenvalue weighted by atomic mass is 9.94. The lowest BCUT2D eigenvalue weighted by Crippen LogP contribution is -2.29. The van der Waals surface area contributed by atoms with Crippen LogP contribution in [0.4, 0.5) is 0 Å². The average molecular weight is 506 g/mol. The molecule has 0 aliphatic carbocycles. The highest BCUT2D eigenvalue weighted by atomic mass is 16.6. The summed E-state index contributed by atoms with van der Waals surface area (Å²) in [5.74, 6) is 0.675. The number of furan rings is 1. The minimum absolute atomic E-state index is 0.0390. The number of aliphatic hydroxyl groups excluding tert-OH is 1. The number of fused-ring (bicyclic) bond motifs is 1. The smallest absolute Gasteiger partial charge is 0.296 e. The highest BCUT2D eigenvalue weighted by Gasteiger charge is 2.46. The molecule has 0 bridgehead atoms. The van der Waals surface area contributed by atoms with Gasteiger partial charge in [-0.05, 0) is 61.9 Å². The van der Waals surface area contributed by atoms with Crippen LogP contribution in [0.3, 0.4) is 0 Å². The molecule has 3 aromatic rings. The van der Waals surface area contributed by atoms with Gasteiger partial charge in [-0.2, -0.15) is 0 Å². The quantitative estimate of drug-likeness (QED) is 0.271. The third kappa shape index (κ3) is 4.60. The summed E-state index contributed by atoms with van der Waals surface area (Å²) in [7, 11) is 0. The first-order valence-electron chi connectivity index (χ1n) is 12.1. The van der Waals surface area contributed by atoms with Gasteiger partial charge >= 0.3 is 0 Å². The molecule has 37 heavy (non-hydrogen) atoms. The van der Waals surface area contributed by atoms with Crippen LogP contribution in [0.5, 0.6) is 23.0 Å². The fraction of sp³-hybridized carbons (Fsp3) is 0.286. The molecule has 0 spiro atoms. The summed E-state index contributed by atoms with van der Waals surface area (Å²) in [6.07, 6.45) is 1.50. The van der Waals surface area contributed by atoms with Crippen molar-refractivity contribution in [1.82, 2.24) is 4.90 Å². The number of nitrogens with zero attached hydrogens (tertiary/aromatic N) is 1. The van der Waals surface area contributed by atoms with Gasteiger partial charge in [-0.3, -0.25) is 9.59 Å². The summed E-state index contributed by atoms with van der Waals surface area (Å²) in [6.45, 7) is 5.40. The number of hydrogen-bond donors (Lipinski definition) is 1. The van der Waals surface area contributed by atoms with Crippen LogP contribution >= 0.6 is 0 Å². The number of ether oxygens (including phenoxy) is 4. The minimum atomic E-state index is -0.895. The molecule has 0 saturated carbocycles. The van der Waals surface area contributed by atoms with Crippen LogP contribution in [0.2, 0.25) is 0 Å². The molecule has 192 valence electrons. The molecule has 1 aromatic heterocycles. The van der Waals surface area contributed by atoms with E-state index in [0.29, 0.717) is 66.3 Å². The SMILES string of the molecule is CCOc1ccc(C2/C(=C(/O)c3ccc4c(c3)OCCO4)C(=O)C(=O)N2Cc2ccco2)cc1OCC. The zero-order valence-electron chi connectivity index (χ0n) is 20.6. The van der Waals surface area contributed by atoms with Crippen molar-refractivity contribution < 1.29 is 38.1 Å². The van der Waals surface area contributed by atoms with E-state index >= 15 is 0 Å².